The number of nitrogens with zero attached hydrogens (tertiary/aromatic N) is 6. The van der Waals surface area contributed by atoms with E-state index in [1.54, 1.807) is 11.3 Å². The molecule has 0 spiro atoms. The molecule has 120 valence electrons. The van der Waals surface area contributed by atoms with E-state index in [1.807, 2.05) is 35.1 Å². The summed E-state index contributed by atoms with van der Waals surface area (Å²) >= 11 is 1.61. The molecule has 22 heavy (non-hydrogen) atoms. The van der Waals surface area contributed by atoms with E-state index in [4.69, 9.17) is 0 Å². The van der Waals surface area contributed by atoms with Crippen LogP contribution in [0, 0.1) is 6.92 Å². The third-order valence-electron chi connectivity index (χ3n) is 4.31. The molecule has 0 unspecified atom stereocenters. The summed E-state index contributed by atoms with van der Waals surface area (Å²) in [5.74, 6) is 1.25. The summed E-state index contributed by atoms with van der Waals surface area (Å²) in [6.07, 6.45) is 1.94. The minimum atomic E-state index is 0.164. The Labute approximate surface area is 133 Å². The van der Waals surface area contributed by atoms with E-state index in [0.29, 0.717) is 5.92 Å². The van der Waals surface area contributed by atoms with Crippen molar-refractivity contribution >= 4 is 22.3 Å². The fourth-order valence-corrected chi connectivity index (χ4v) is 3.96. The predicted octanol–water partition coefficient (Wildman–Crippen LogP) is 2.14. The molecule has 0 bridgehead atoms. The molecular weight excluding hydrogens is 300 g/mol. The topological polar surface area (TPSA) is 66.6 Å². The van der Waals surface area contributed by atoms with Crippen molar-refractivity contribution in [3.63, 3.8) is 0 Å². The Hall–Kier alpha value is -1.70. The Balaban J connectivity index is 1.65. The highest BCUT2D eigenvalue weighted by Crippen LogP contribution is 2.31. The van der Waals surface area contributed by atoms with Gasteiger partial charge in [-0.25, -0.2) is 4.79 Å². The van der Waals surface area contributed by atoms with Crippen LogP contribution in [0.1, 0.15) is 43.4 Å². The fraction of sp³-hybridized carbons (Fsp3) is 0.714. The first kappa shape index (κ1) is 15.2. The second-order valence-corrected chi connectivity index (χ2v) is 6.59. The average Bonchev–Trinajstić information content (AvgIpc) is 3.11. The Bertz CT molecular complexity index is 653. The second-order valence-electron chi connectivity index (χ2n) is 5.60. The molecule has 7 nitrogen and oxygen atoms in total. The number of carbonyl (C=O) groups is 1. The van der Waals surface area contributed by atoms with Crippen LogP contribution in [0.25, 0.3) is 4.96 Å². The van der Waals surface area contributed by atoms with Gasteiger partial charge < -0.3 is 9.80 Å². The van der Waals surface area contributed by atoms with E-state index in [-0.39, 0.29) is 6.03 Å². The molecule has 0 atom stereocenters. The molecule has 1 aliphatic rings. The summed E-state index contributed by atoms with van der Waals surface area (Å²) in [6, 6.07) is 0.164. The zero-order valence-corrected chi connectivity index (χ0v) is 14.1. The van der Waals surface area contributed by atoms with Crippen LogP contribution < -0.4 is 0 Å². The molecule has 3 rings (SSSR count). The number of fused-ring (bicyclic) bond motifs is 1. The van der Waals surface area contributed by atoms with Crippen LogP contribution in [-0.2, 0) is 0 Å². The Morgan fingerprint density at radius 2 is 1.95 bits per heavy atom. The van der Waals surface area contributed by atoms with Crippen molar-refractivity contribution in [1.82, 2.24) is 29.6 Å². The van der Waals surface area contributed by atoms with Crippen molar-refractivity contribution in [2.24, 2.45) is 0 Å². The van der Waals surface area contributed by atoms with E-state index in [2.05, 4.69) is 15.3 Å². The van der Waals surface area contributed by atoms with Gasteiger partial charge in [0.15, 0.2) is 5.82 Å². The molecule has 0 saturated carbocycles. The van der Waals surface area contributed by atoms with Gasteiger partial charge >= 0.3 is 6.03 Å². The normalized spacial score (nSPS) is 16.4. The number of carbonyl (C=O) groups excluding carboxylic acids is 1. The minimum absolute atomic E-state index is 0.164. The standard InChI is InChI=1S/C14H22N6OS/c1-4-18(5-2)14(21)19-8-6-11(7-9-19)12-17-20-10(3)15-16-13(20)22-12/h11H,4-9H2,1-3H3. The number of hydrogen-bond acceptors (Lipinski definition) is 5. The quantitative estimate of drug-likeness (QED) is 0.868. The van der Waals surface area contributed by atoms with Crippen molar-refractivity contribution in [2.45, 2.75) is 39.5 Å². The summed E-state index contributed by atoms with van der Waals surface area (Å²) in [4.78, 5) is 17.1. The number of piperidine rings is 1. The van der Waals surface area contributed by atoms with Crippen molar-refractivity contribution < 1.29 is 4.79 Å². The van der Waals surface area contributed by atoms with Crippen LogP contribution in [0.5, 0.6) is 0 Å². The van der Waals surface area contributed by atoms with E-state index < -0.39 is 0 Å². The molecule has 3 heterocycles. The maximum absolute atomic E-state index is 12.4. The van der Waals surface area contributed by atoms with Crippen LogP contribution in [0.3, 0.4) is 0 Å². The first-order valence-electron chi connectivity index (χ1n) is 7.86. The lowest BCUT2D eigenvalue weighted by molar-refractivity contribution is 0.144. The Kier molecular flexibility index (Phi) is 4.28. The first-order chi connectivity index (χ1) is 10.6. The molecule has 2 aromatic heterocycles. The van der Waals surface area contributed by atoms with Crippen LogP contribution in [0.15, 0.2) is 0 Å². The van der Waals surface area contributed by atoms with Crippen LogP contribution in [0.4, 0.5) is 4.79 Å². The van der Waals surface area contributed by atoms with Crippen molar-refractivity contribution in [3.05, 3.63) is 10.8 Å². The maximum Gasteiger partial charge on any atom is 0.319 e. The van der Waals surface area contributed by atoms with Crippen LogP contribution in [0.2, 0.25) is 0 Å². The minimum Gasteiger partial charge on any atom is -0.325 e. The lowest BCUT2D eigenvalue weighted by atomic mass is 9.98. The summed E-state index contributed by atoms with van der Waals surface area (Å²) in [5.41, 5.74) is 0. The smallest absolute Gasteiger partial charge is 0.319 e. The molecule has 1 saturated heterocycles. The van der Waals surface area contributed by atoms with Crippen molar-refractivity contribution in [3.8, 4) is 0 Å². The van der Waals surface area contributed by atoms with E-state index in [1.165, 1.54) is 0 Å². The molecule has 0 aliphatic carbocycles. The predicted molar refractivity (Wildman–Crippen MR) is 85.3 cm³/mol. The van der Waals surface area contributed by atoms with Gasteiger partial charge in [0.2, 0.25) is 4.96 Å². The van der Waals surface area contributed by atoms with Gasteiger partial charge in [0.05, 0.1) is 0 Å². The van der Waals surface area contributed by atoms with Gasteiger partial charge in [-0.05, 0) is 33.6 Å². The highest BCUT2D eigenvalue weighted by molar-refractivity contribution is 7.16. The SMILES string of the molecule is CCN(CC)C(=O)N1CCC(c2nn3c(C)nnc3s2)CC1. The molecule has 0 radical (unpaired) electrons. The third kappa shape index (κ3) is 2.67. The third-order valence-corrected chi connectivity index (χ3v) is 5.37. The fourth-order valence-electron chi connectivity index (χ4n) is 2.91. The van der Waals surface area contributed by atoms with Gasteiger partial charge in [-0.3, -0.25) is 0 Å². The molecular formula is C14H22N6OS. The van der Waals surface area contributed by atoms with Crippen molar-refractivity contribution in [1.29, 1.82) is 0 Å². The van der Waals surface area contributed by atoms with Crippen molar-refractivity contribution in [2.75, 3.05) is 26.2 Å². The number of likely N-dealkylation sites (tertiary alicyclic amines) is 1. The largest absolute Gasteiger partial charge is 0.325 e. The summed E-state index contributed by atoms with van der Waals surface area (Å²) in [7, 11) is 0. The zero-order chi connectivity index (χ0) is 15.7. The highest BCUT2D eigenvalue weighted by Gasteiger charge is 2.28. The summed E-state index contributed by atoms with van der Waals surface area (Å²) in [6.45, 7) is 9.11. The maximum atomic E-state index is 12.4. The molecule has 1 fully saturated rings. The van der Waals surface area contributed by atoms with Crippen LogP contribution in [-0.4, -0.2) is 61.8 Å². The summed E-state index contributed by atoms with van der Waals surface area (Å²) < 4.78 is 1.81. The van der Waals surface area contributed by atoms with E-state index >= 15 is 0 Å². The molecule has 8 heteroatoms. The molecule has 1 aliphatic heterocycles. The Morgan fingerprint density at radius 3 is 2.55 bits per heavy atom. The zero-order valence-electron chi connectivity index (χ0n) is 13.3. The van der Waals surface area contributed by atoms with Gasteiger partial charge in [0, 0.05) is 32.1 Å². The average molecular weight is 322 g/mol. The number of urea groups is 1. The molecule has 2 amide bonds. The second kappa shape index (κ2) is 6.20. The number of hydrogen-bond donors (Lipinski definition) is 0. The first-order valence-corrected chi connectivity index (χ1v) is 8.68. The lowest BCUT2D eigenvalue weighted by Crippen LogP contribution is -2.46. The van der Waals surface area contributed by atoms with E-state index in [0.717, 1.165) is 54.8 Å². The lowest BCUT2D eigenvalue weighted by Gasteiger charge is -2.34. The van der Waals surface area contributed by atoms with Gasteiger partial charge in [-0.2, -0.15) is 9.61 Å². The Morgan fingerprint density at radius 1 is 1.27 bits per heavy atom. The number of aromatic nitrogens is 4. The van der Waals surface area contributed by atoms with Crippen LogP contribution >= 0.6 is 11.3 Å². The van der Waals surface area contributed by atoms with Gasteiger partial charge in [0.1, 0.15) is 5.01 Å². The molecule has 2 aromatic rings. The number of amides is 2. The molecule has 0 N–H and O–H groups in total. The highest BCUT2D eigenvalue weighted by atomic mass is 32.1. The van der Waals surface area contributed by atoms with Gasteiger partial charge in [-0.1, -0.05) is 11.3 Å². The van der Waals surface area contributed by atoms with Gasteiger partial charge in [0.25, 0.3) is 0 Å². The number of aryl methyl sites for hydroxylation is 1. The molecule has 0 aromatic carbocycles. The van der Waals surface area contributed by atoms with E-state index in [9.17, 15) is 4.79 Å². The number of rotatable bonds is 3. The van der Waals surface area contributed by atoms with Gasteiger partial charge in [-0.15, -0.1) is 10.2 Å². The monoisotopic (exact) mass is 322 g/mol. The summed E-state index contributed by atoms with van der Waals surface area (Å²) in [5, 5.41) is 13.9.